The first-order valence-electron chi connectivity index (χ1n) is 16.3. The molecule has 0 saturated carbocycles. The zero-order valence-electron chi connectivity index (χ0n) is 30.6. The maximum atomic E-state index is 11.1. The Hall–Kier alpha value is -3.28. The molecule has 0 aliphatic rings. The van der Waals surface area contributed by atoms with Gasteiger partial charge in [-0.1, -0.05) is 65.3 Å². The Balaban J connectivity index is -0.000000269. The number of unbranched alkanes of at least 4 members (excludes halogenated alkanes) is 5. The summed E-state index contributed by atoms with van der Waals surface area (Å²) < 4.78 is 13.9. The van der Waals surface area contributed by atoms with Crippen molar-refractivity contribution >= 4 is 23.8 Å². The van der Waals surface area contributed by atoms with E-state index in [0.29, 0.717) is 49.1 Å². The molecule has 4 N–H and O–H groups in total. The summed E-state index contributed by atoms with van der Waals surface area (Å²) >= 11 is 0. The first-order valence-corrected chi connectivity index (χ1v) is 16.3. The molecule has 0 aliphatic carbocycles. The molecule has 0 aromatic carbocycles. The van der Waals surface area contributed by atoms with Gasteiger partial charge in [-0.2, -0.15) is 0 Å². The van der Waals surface area contributed by atoms with E-state index < -0.39 is 12.1 Å². The third-order valence-electron chi connectivity index (χ3n) is 5.63. The highest BCUT2D eigenvalue weighted by Gasteiger charge is 2.13. The van der Waals surface area contributed by atoms with E-state index >= 15 is 0 Å². The third-order valence-corrected chi connectivity index (χ3v) is 5.63. The molecule has 1 unspecified atom stereocenters. The highest BCUT2D eigenvalue weighted by Crippen LogP contribution is 2.07. The van der Waals surface area contributed by atoms with Gasteiger partial charge in [0.25, 0.3) is 0 Å². The molecule has 0 radical (unpaired) electrons. The van der Waals surface area contributed by atoms with Crippen LogP contribution in [0.25, 0.3) is 0 Å². The number of rotatable bonds is 20. The molecule has 0 aliphatic heterocycles. The van der Waals surface area contributed by atoms with Crippen molar-refractivity contribution < 1.29 is 43.6 Å². The van der Waals surface area contributed by atoms with Gasteiger partial charge in [0.1, 0.15) is 0 Å². The van der Waals surface area contributed by atoms with Crippen LogP contribution in [0.15, 0.2) is 49.1 Å². The average molecular weight is 671 g/mol. The molecule has 0 fully saturated rings. The SMILES string of the molecule is C=C(C)C(=O)OC.C=C(CCC(C)O)C(=O)OCCCO.C=C(CNC(C)(C)C)C(=O)OCC.C=CC(=O)NCCCCCCCC. The molecule has 1 atom stereocenters. The summed E-state index contributed by atoms with van der Waals surface area (Å²) in [5.41, 5.74) is 1.26. The van der Waals surface area contributed by atoms with Crippen LogP contribution in [0.1, 0.15) is 106 Å². The summed E-state index contributed by atoms with van der Waals surface area (Å²) in [4.78, 5) is 43.2. The average Bonchev–Trinajstić information content (AvgIpc) is 3.02. The summed E-state index contributed by atoms with van der Waals surface area (Å²) in [5.74, 6) is -1.17. The maximum Gasteiger partial charge on any atom is 0.334 e. The van der Waals surface area contributed by atoms with Crippen molar-refractivity contribution in [2.75, 3.05) is 40.0 Å². The molecule has 1 amide bonds. The second-order valence-corrected chi connectivity index (χ2v) is 11.7. The molecule has 0 spiro atoms. The minimum Gasteiger partial charge on any atom is -0.466 e. The van der Waals surface area contributed by atoms with E-state index in [1.165, 1.54) is 45.3 Å². The Morgan fingerprint density at radius 3 is 1.85 bits per heavy atom. The number of carbonyl (C=O) groups excluding carboxylic acids is 4. The van der Waals surface area contributed by atoms with Gasteiger partial charge in [-0.05, 0) is 66.9 Å². The van der Waals surface area contributed by atoms with Crippen molar-refractivity contribution in [2.45, 2.75) is 118 Å². The van der Waals surface area contributed by atoms with Gasteiger partial charge in [-0.15, -0.1) is 0 Å². The van der Waals surface area contributed by atoms with Gasteiger partial charge in [0.15, 0.2) is 0 Å². The summed E-state index contributed by atoms with van der Waals surface area (Å²) in [5, 5.41) is 23.3. The summed E-state index contributed by atoms with van der Waals surface area (Å²) in [6, 6.07) is 0. The molecule has 11 heteroatoms. The highest BCUT2D eigenvalue weighted by molar-refractivity contribution is 5.88. The van der Waals surface area contributed by atoms with Crippen LogP contribution in [0.3, 0.4) is 0 Å². The van der Waals surface area contributed by atoms with E-state index in [0.717, 1.165) is 13.0 Å². The standard InChI is InChI=1S/C11H21NO.C10H19NO2.C10H18O4.C5H8O2/c1-3-5-6-7-8-9-10-12-11(13)4-2;1-6-13-9(12)8(2)7-11-10(3,4)5;1-8(4-5-9(2)12)10(13)14-7-3-6-11;1-4(2)5(6)7-3/h4H,2-3,5-10H2,1H3,(H,12,13);11H,2,6-7H2,1,3-5H3;9,11-12H,1,3-7H2,2H3;1H2,2-3H3. The van der Waals surface area contributed by atoms with Gasteiger partial charge < -0.3 is 35.1 Å². The smallest absolute Gasteiger partial charge is 0.334 e. The molecule has 47 heavy (non-hydrogen) atoms. The lowest BCUT2D eigenvalue weighted by Gasteiger charge is -2.20. The summed E-state index contributed by atoms with van der Waals surface area (Å²) in [7, 11) is 1.33. The molecule has 0 bridgehead atoms. The van der Waals surface area contributed by atoms with E-state index in [1.807, 2.05) is 20.8 Å². The fourth-order valence-corrected chi connectivity index (χ4v) is 2.86. The number of ether oxygens (including phenoxy) is 3. The quantitative estimate of drug-likeness (QED) is 0.0563. The highest BCUT2D eigenvalue weighted by atomic mass is 16.5. The van der Waals surface area contributed by atoms with Crippen molar-refractivity contribution in [3.8, 4) is 0 Å². The predicted octanol–water partition coefficient (Wildman–Crippen LogP) is 5.51. The Kier molecular flexibility index (Phi) is 36.7. The zero-order valence-corrected chi connectivity index (χ0v) is 30.6. The lowest BCUT2D eigenvalue weighted by Crippen LogP contribution is -2.38. The van der Waals surface area contributed by atoms with E-state index in [1.54, 1.807) is 20.8 Å². The lowest BCUT2D eigenvalue weighted by molar-refractivity contribution is -0.140. The largest absolute Gasteiger partial charge is 0.466 e. The number of methoxy groups -OCH3 is 1. The van der Waals surface area contributed by atoms with Crippen molar-refractivity contribution in [1.82, 2.24) is 10.6 Å². The number of esters is 3. The van der Waals surface area contributed by atoms with E-state index in [9.17, 15) is 19.2 Å². The number of aliphatic hydroxyl groups excluding tert-OH is 2. The zero-order chi connectivity index (χ0) is 37.3. The Morgan fingerprint density at radius 1 is 0.872 bits per heavy atom. The molecule has 0 heterocycles. The van der Waals surface area contributed by atoms with Gasteiger partial charge in [0, 0.05) is 48.4 Å². The molecule has 0 saturated heterocycles. The molecule has 0 rings (SSSR count). The molecule has 274 valence electrons. The lowest BCUT2D eigenvalue weighted by atomic mass is 10.1. The minimum absolute atomic E-state index is 0.00453. The van der Waals surface area contributed by atoms with E-state index in [-0.39, 0.29) is 36.6 Å². The maximum absolute atomic E-state index is 11.1. The van der Waals surface area contributed by atoms with Crippen LogP contribution in [0.5, 0.6) is 0 Å². The van der Waals surface area contributed by atoms with Crippen LogP contribution in [-0.4, -0.2) is 85.7 Å². The molecule has 0 aromatic heterocycles. The topological polar surface area (TPSA) is 160 Å². The number of carbonyl (C=O) groups is 4. The second kappa shape index (κ2) is 34.1. The van der Waals surface area contributed by atoms with Crippen LogP contribution < -0.4 is 10.6 Å². The van der Waals surface area contributed by atoms with Crippen LogP contribution in [0.4, 0.5) is 0 Å². The second-order valence-electron chi connectivity index (χ2n) is 11.7. The Bertz CT molecular complexity index is 907. The van der Waals surface area contributed by atoms with E-state index in [4.69, 9.17) is 19.7 Å². The molecular formula is C36H66N2O9. The third kappa shape index (κ3) is 42.7. The Morgan fingerprint density at radius 2 is 1.43 bits per heavy atom. The van der Waals surface area contributed by atoms with Crippen LogP contribution >= 0.6 is 0 Å². The van der Waals surface area contributed by atoms with Crippen molar-refractivity contribution in [3.63, 3.8) is 0 Å². The molecule has 11 nitrogen and oxygen atoms in total. The van der Waals surface area contributed by atoms with Gasteiger partial charge >= 0.3 is 17.9 Å². The number of hydrogen-bond acceptors (Lipinski definition) is 10. The predicted molar refractivity (Wildman–Crippen MR) is 190 cm³/mol. The summed E-state index contributed by atoms with van der Waals surface area (Å²) in [6.07, 6.45) is 9.81. The number of nitrogens with one attached hydrogen (secondary N) is 2. The number of hydrogen-bond donors (Lipinski definition) is 4. The summed E-state index contributed by atoms with van der Waals surface area (Å²) in [6.45, 7) is 29.2. The van der Waals surface area contributed by atoms with Crippen molar-refractivity contribution in [2.24, 2.45) is 0 Å². The van der Waals surface area contributed by atoms with Crippen LogP contribution in [-0.2, 0) is 33.4 Å². The number of aliphatic hydroxyl groups is 2. The monoisotopic (exact) mass is 670 g/mol. The normalized spacial score (nSPS) is 10.5. The van der Waals surface area contributed by atoms with Crippen molar-refractivity contribution in [1.29, 1.82) is 0 Å². The first-order chi connectivity index (χ1) is 21.9. The minimum atomic E-state index is -0.445. The molecular weight excluding hydrogens is 604 g/mol. The Labute approximate surface area is 284 Å². The van der Waals surface area contributed by atoms with Crippen LogP contribution in [0, 0.1) is 0 Å². The van der Waals surface area contributed by atoms with Gasteiger partial charge in [0.2, 0.25) is 5.91 Å². The van der Waals surface area contributed by atoms with E-state index in [2.05, 4.69) is 48.6 Å². The fraction of sp³-hybridized carbons (Fsp3) is 0.667. The van der Waals surface area contributed by atoms with Crippen molar-refractivity contribution in [3.05, 3.63) is 49.1 Å². The van der Waals surface area contributed by atoms with Gasteiger partial charge in [-0.3, -0.25) is 4.79 Å². The number of amides is 1. The molecule has 0 aromatic rings. The first kappa shape index (κ1) is 50.6. The van der Waals surface area contributed by atoms with Gasteiger partial charge in [-0.25, -0.2) is 14.4 Å². The fourth-order valence-electron chi connectivity index (χ4n) is 2.86. The van der Waals surface area contributed by atoms with Crippen LogP contribution in [0.2, 0.25) is 0 Å². The van der Waals surface area contributed by atoms with Gasteiger partial charge in [0.05, 0.1) is 26.4 Å².